The van der Waals surface area contributed by atoms with Gasteiger partial charge in [0, 0.05) is 11.1 Å². The lowest BCUT2D eigenvalue weighted by Gasteiger charge is -2.07. The van der Waals surface area contributed by atoms with Crippen LogP contribution in [0.5, 0.6) is 0 Å². The molecule has 0 unspecified atom stereocenters. The molecule has 0 amide bonds. The zero-order valence-electron chi connectivity index (χ0n) is 11.0. The first-order valence-corrected chi connectivity index (χ1v) is 10.5. The van der Waals surface area contributed by atoms with E-state index in [1.54, 1.807) is 6.92 Å². The average Bonchev–Trinajstić information content (AvgIpc) is 2.68. The van der Waals surface area contributed by atoms with Crippen molar-refractivity contribution in [1.82, 2.24) is 4.98 Å². The summed E-state index contributed by atoms with van der Waals surface area (Å²) in [5, 5.41) is -0.111. The molecule has 6 nitrogen and oxygen atoms in total. The monoisotopic (exact) mass is 410 g/mol. The third-order valence-corrected chi connectivity index (χ3v) is 6.69. The quantitative estimate of drug-likeness (QED) is 0.834. The smallest absolute Gasteiger partial charge is 0.263 e. The van der Waals surface area contributed by atoms with Crippen LogP contribution < -0.4 is 4.72 Å². The maximum absolute atomic E-state index is 12.2. The Bertz CT molecular complexity index is 871. The molecular weight excluding hydrogens is 400 g/mol. The van der Waals surface area contributed by atoms with Gasteiger partial charge in [-0.25, -0.2) is 21.8 Å². The predicted octanol–water partition coefficient (Wildman–Crippen LogP) is 2.42. The number of aromatic nitrogens is 1. The number of pyridine rings is 1. The molecule has 0 atom stereocenters. The molecule has 0 radical (unpaired) electrons. The summed E-state index contributed by atoms with van der Waals surface area (Å²) in [5.74, 6) is 0. The fourth-order valence-electron chi connectivity index (χ4n) is 1.57. The van der Waals surface area contributed by atoms with Crippen LogP contribution in [0.3, 0.4) is 0 Å². The van der Waals surface area contributed by atoms with Crippen LogP contribution in [0.25, 0.3) is 0 Å². The molecule has 0 aliphatic carbocycles. The molecule has 2 aromatic heterocycles. The van der Waals surface area contributed by atoms with Crippen molar-refractivity contribution >= 4 is 52.8 Å². The Labute approximate surface area is 135 Å². The zero-order chi connectivity index (χ0) is 15.8. The van der Waals surface area contributed by atoms with Gasteiger partial charge in [0.25, 0.3) is 10.0 Å². The maximum Gasteiger partial charge on any atom is 0.263 e. The lowest BCUT2D eigenvalue weighted by atomic mass is 10.4. The van der Waals surface area contributed by atoms with Crippen molar-refractivity contribution in [3.63, 3.8) is 0 Å². The molecule has 0 spiro atoms. The highest BCUT2D eigenvalue weighted by Crippen LogP contribution is 2.30. The van der Waals surface area contributed by atoms with E-state index in [1.807, 2.05) is 0 Å². The van der Waals surface area contributed by atoms with Gasteiger partial charge in [-0.2, -0.15) is 0 Å². The number of nitrogens with zero attached hydrogens (tertiary/aromatic N) is 1. The first-order valence-electron chi connectivity index (χ1n) is 5.54. The van der Waals surface area contributed by atoms with Crippen molar-refractivity contribution < 1.29 is 16.8 Å². The van der Waals surface area contributed by atoms with E-state index in [0.717, 1.165) is 6.26 Å². The van der Waals surface area contributed by atoms with E-state index in [9.17, 15) is 16.8 Å². The van der Waals surface area contributed by atoms with Crippen molar-refractivity contribution in [3.05, 3.63) is 33.1 Å². The average molecular weight is 411 g/mol. The Morgan fingerprint density at radius 3 is 2.33 bits per heavy atom. The minimum absolute atomic E-state index is 0.111. The number of halogens is 1. The third-order valence-electron chi connectivity index (χ3n) is 2.50. The highest BCUT2D eigenvalue weighted by atomic mass is 79.9. The van der Waals surface area contributed by atoms with Crippen molar-refractivity contribution in [2.75, 3.05) is 11.0 Å². The van der Waals surface area contributed by atoms with Crippen LogP contribution >= 0.6 is 27.3 Å². The second kappa shape index (κ2) is 5.67. The van der Waals surface area contributed by atoms with Gasteiger partial charge in [-0.05, 0) is 41.1 Å². The summed E-state index contributed by atoms with van der Waals surface area (Å²) in [5.41, 5.74) is 0.198. The number of hydrogen-bond donors (Lipinski definition) is 1. The number of sulfone groups is 1. The van der Waals surface area contributed by atoms with Crippen molar-refractivity contribution in [1.29, 1.82) is 0 Å². The molecule has 0 aromatic carbocycles. The van der Waals surface area contributed by atoms with Gasteiger partial charge in [0.15, 0.2) is 14.9 Å². The van der Waals surface area contributed by atoms with Gasteiger partial charge in [0.1, 0.15) is 4.90 Å². The molecular formula is C11H11BrN2O4S3. The SMILES string of the molecule is Cc1sc(Br)cc1S(=O)(=O)Nc1ccc(S(C)(=O)=O)nc1. The van der Waals surface area contributed by atoms with E-state index in [4.69, 9.17) is 0 Å². The largest absolute Gasteiger partial charge is 0.278 e. The minimum Gasteiger partial charge on any atom is -0.278 e. The van der Waals surface area contributed by atoms with E-state index in [1.165, 1.54) is 35.7 Å². The summed E-state index contributed by atoms with van der Waals surface area (Å²) in [6.45, 7) is 1.70. The van der Waals surface area contributed by atoms with Gasteiger partial charge in [0.2, 0.25) is 0 Å². The summed E-state index contributed by atoms with van der Waals surface area (Å²) < 4.78 is 50.2. The molecule has 0 saturated carbocycles. The van der Waals surface area contributed by atoms with Crippen LogP contribution in [0.4, 0.5) is 5.69 Å². The second-order valence-electron chi connectivity index (χ2n) is 4.23. The number of thiophene rings is 1. The number of rotatable bonds is 4. The minimum atomic E-state index is -3.73. The molecule has 114 valence electrons. The molecule has 0 bridgehead atoms. The Morgan fingerprint density at radius 1 is 1.24 bits per heavy atom. The maximum atomic E-state index is 12.2. The van der Waals surface area contributed by atoms with Crippen LogP contribution in [-0.4, -0.2) is 28.1 Å². The summed E-state index contributed by atoms with van der Waals surface area (Å²) in [4.78, 5) is 4.55. The van der Waals surface area contributed by atoms with E-state index in [0.29, 0.717) is 8.66 Å². The van der Waals surface area contributed by atoms with Crippen molar-refractivity contribution in [2.45, 2.75) is 16.8 Å². The zero-order valence-corrected chi connectivity index (χ0v) is 15.0. The van der Waals surface area contributed by atoms with Crippen LogP contribution in [0, 0.1) is 6.92 Å². The predicted molar refractivity (Wildman–Crippen MR) is 84.9 cm³/mol. The van der Waals surface area contributed by atoms with Crippen molar-refractivity contribution in [2.24, 2.45) is 0 Å². The molecule has 21 heavy (non-hydrogen) atoms. The lowest BCUT2D eigenvalue weighted by molar-refractivity contribution is 0.598. The molecule has 0 aliphatic rings. The first-order chi connectivity index (χ1) is 9.59. The van der Waals surface area contributed by atoms with Gasteiger partial charge >= 0.3 is 0 Å². The van der Waals surface area contributed by atoms with Crippen LogP contribution in [0.15, 0.2) is 38.1 Å². The second-order valence-corrected chi connectivity index (χ2v) is 10.5. The number of aryl methyl sites for hydroxylation is 1. The van der Waals surface area contributed by atoms with Gasteiger partial charge in [-0.1, -0.05) is 0 Å². The fraction of sp³-hybridized carbons (Fsp3) is 0.182. The molecule has 0 saturated heterocycles. The third kappa shape index (κ3) is 3.82. The van der Waals surface area contributed by atoms with Gasteiger partial charge in [0.05, 0.1) is 15.7 Å². The van der Waals surface area contributed by atoms with E-state index < -0.39 is 19.9 Å². The highest BCUT2D eigenvalue weighted by Gasteiger charge is 2.20. The number of sulfonamides is 1. The normalized spacial score (nSPS) is 12.3. The summed E-state index contributed by atoms with van der Waals surface area (Å²) in [7, 11) is -7.14. The van der Waals surface area contributed by atoms with Gasteiger partial charge < -0.3 is 0 Å². The highest BCUT2D eigenvalue weighted by molar-refractivity contribution is 9.11. The standard InChI is InChI=1S/C11H11BrN2O4S3/c1-7-9(5-10(12)19-7)21(17,18)14-8-3-4-11(13-6-8)20(2,15)16/h3-6,14H,1-2H3. The van der Waals surface area contributed by atoms with Crippen LogP contribution in [0.2, 0.25) is 0 Å². The number of hydrogen-bond acceptors (Lipinski definition) is 6. The van der Waals surface area contributed by atoms with E-state index >= 15 is 0 Å². The molecule has 2 aromatic rings. The Balaban J connectivity index is 2.31. The summed E-state index contributed by atoms with van der Waals surface area (Å²) in [6.07, 6.45) is 2.20. The molecule has 2 heterocycles. The molecule has 2 rings (SSSR count). The van der Waals surface area contributed by atoms with Crippen LogP contribution in [0.1, 0.15) is 4.88 Å². The van der Waals surface area contributed by atoms with Gasteiger partial charge in [-0.3, -0.25) is 4.72 Å². The molecule has 1 N–H and O–H groups in total. The number of anilines is 1. The summed E-state index contributed by atoms with van der Waals surface area (Å²) >= 11 is 4.55. The Hall–Kier alpha value is -0.970. The van der Waals surface area contributed by atoms with Gasteiger partial charge in [-0.15, -0.1) is 11.3 Å². The van der Waals surface area contributed by atoms with E-state index in [-0.39, 0.29) is 15.6 Å². The molecule has 0 aliphatic heterocycles. The number of nitrogens with one attached hydrogen (secondary N) is 1. The summed E-state index contributed by atoms with van der Waals surface area (Å²) in [6, 6.07) is 4.13. The topological polar surface area (TPSA) is 93.2 Å². The molecule has 0 fully saturated rings. The van der Waals surface area contributed by atoms with Crippen molar-refractivity contribution in [3.8, 4) is 0 Å². The molecule has 10 heteroatoms. The first kappa shape index (κ1) is 16.4. The van der Waals surface area contributed by atoms with E-state index in [2.05, 4.69) is 25.6 Å². The lowest BCUT2D eigenvalue weighted by Crippen LogP contribution is -2.13. The van der Waals surface area contributed by atoms with Crippen LogP contribution in [-0.2, 0) is 19.9 Å². The Kier molecular flexibility index (Phi) is 4.43. The fourth-order valence-corrected chi connectivity index (χ4v) is 5.59. The Morgan fingerprint density at radius 2 is 1.90 bits per heavy atom.